The molecule has 0 atom stereocenters. The van der Waals surface area contributed by atoms with Crippen LogP contribution < -0.4 is 5.73 Å². The summed E-state index contributed by atoms with van der Waals surface area (Å²) in [6.45, 7) is 5.43. The molecule has 1 aliphatic rings. The third-order valence-corrected chi connectivity index (χ3v) is 3.42. The summed E-state index contributed by atoms with van der Waals surface area (Å²) in [7, 11) is 0. The first kappa shape index (κ1) is 14.9. The predicted molar refractivity (Wildman–Crippen MR) is 73.7 cm³/mol. The monoisotopic (exact) mass is 269 g/mol. The molecular weight excluding hydrogens is 250 g/mol. The van der Waals surface area contributed by atoms with Crippen LogP contribution >= 0.6 is 12.4 Å². The zero-order valence-electron chi connectivity index (χ0n) is 10.8. The molecule has 1 aromatic rings. The fourth-order valence-corrected chi connectivity index (χ4v) is 2.36. The molecule has 1 aromatic heterocycles. The average molecular weight is 270 g/mol. The fourth-order valence-electron chi connectivity index (χ4n) is 2.36. The Hall–Kier alpha value is -1.13. The largest absolute Gasteiger partial charge is 0.334 e. The minimum absolute atomic E-state index is 0. The Bertz CT molecular complexity index is 434. The second kappa shape index (κ2) is 5.67. The van der Waals surface area contributed by atoms with Gasteiger partial charge >= 0.3 is 0 Å². The van der Waals surface area contributed by atoms with Gasteiger partial charge in [0.2, 0.25) is 0 Å². The third kappa shape index (κ3) is 2.82. The molecule has 0 aromatic carbocycles. The van der Waals surface area contributed by atoms with Crippen molar-refractivity contribution < 1.29 is 4.79 Å². The number of hydrogen-bond acceptors (Lipinski definition) is 3. The van der Waals surface area contributed by atoms with Gasteiger partial charge in [-0.3, -0.25) is 9.78 Å². The van der Waals surface area contributed by atoms with Crippen LogP contribution in [0.25, 0.3) is 0 Å². The van der Waals surface area contributed by atoms with Crippen LogP contribution in [0.2, 0.25) is 0 Å². The number of rotatable bonds is 2. The molecule has 0 saturated carbocycles. The van der Waals surface area contributed by atoms with Crippen LogP contribution in [0.4, 0.5) is 0 Å². The smallest absolute Gasteiger partial charge is 0.254 e. The molecule has 2 heterocycles. The second-order valence-electron chi connectivity index (χ2n) is 5.11. The normalized spacial score (nSPS) is 17.4. The fraction of sp³-hybridized carbons (Fsp3) is 0.538. The van der Waals surface area contributed by atoms with Crippen molar-refractivity contribution in [3.05, 3.63) is 29.6 Å². The molecule has 0 bridgehead atoms. The predicted octanol–water partition coefficient (Wildman–Crippen LogP) is 1.98. The first-order chi connectivity index (χ1) is 8.04. The Labute approximate surface area is 114 Å². The maximum atomic E-state index is 12.4. The van der Waals surface area contributed by atoms with E-state index < -0.39 is 0 Å². The number of nitrogens with zero attached hydrogens (tertiary/aromatic N) is 2. The molecule has 0 radical (unpaired) electrons. The van der Waals surface area contributed by atoms with Gasteiger partial charge < -0.3 is 10.6 Å². The van der Waals surface area contributed by atoms with E-state index in [1.165, 1.54) is 0 Å². The zero-order valence-corrected chi connectivity index (χ0v) is 11.7. The molecule has 2 N–H and O–H groups in total. The van der Waals surface area contributed by atoms with E-state index >= 15 is 0 Å². The number of amides is 1. The van der Waals surface area contributed by atoms with E-state index in [-0.39, 0.29) is 23.9 Å². The van der Waals surface area contributed by atoms with E-state index in [0.717, 1.165) is 25.1 Å². The number of nitrogens with two attached hydrogens (primary N) is 1. The number of likely N-dealkylation sites (tertiary alicyclic amines) is 1. The van der Waals surface area contributed by atoms with E-state index in [2.05, 4.69) is 18.8 Å². The van der Waals surface area contributed by atoms with Gasteiger partial charge in [0, 0.05) is 30.4 Å². The maximum Gasteiger partial charge on any atom is 0.254 e. The Balaban J connectivity index is 0.00000162. The molecular formula is C13H20ClN3O. The van der Waals surface area contributed by atoms with Gasteiger partial charge in [-0.25, -0.2) is 0 Å². The summed E-state index contributed by atoms with van der Waals surface area (Å²) >= 11 is 0. The Morgan fingerprint density at radius 3 is 2.83 bits per heavy atom. The van der Waals surface area contributed by atoms with Gasteiger partial charge in [0.05, 0.1) is 5.69 Å². The molecule has 4 nitrogen and oxygen atoms in total. The van der Waals surface area contributed by atoms with E-state index in [4.69, 9.17) is 5.73 Å². The highest BCUT2D eigenvalue weighted by atomic mass is 35.5. The van der Waals surface area contributed by atoms with Crippen LogP contribution in [0.3, 0.4) is 0 Å². The molecule has 5 heteroatoms. The summed E-state index contributed by atoms with van der Waals surface area (Å²) in [6, 6.07) is 3.55. The molecule has 0 spiro atoms. The van der Waals surface area contributed by atoms with Crippen molar-refractivity contribution in [2.45, 2.75) is 38.8 Å². The van der Waals surface area contributed by atoms with Crippen molar-refractivity contribution in [1.29, 1.82) is 0 Å². The zero-order chi connectivity index (χ0) is 12.5. The van der Waals surface area contributed by atoms with Crippen molar-refractivity contribution in [1.82, 2.24) is 9.88 Å². The summed E-state index contributed by atoms with van der Waals surface area (Å²) in [5, 5.41) is 0. The first-order valence-electron chi connectivity index (χ1n) is 6.01. The van der Waals surface area contributed by atoms with Gasteiger partial charge in [-0.2, -0.15) is 0 Å². The van der Waals surface area contributed by atoms with E-state index in [1.54, 1.807) is 18.3 Å². The molecule has 0 aliphatic carbocycles. The van der Waals surface area contributed by atoms with Gasteiger partial charge in [-0.1, -0.05) is 0 Å². The van der Waals surface area contributed by atoms with E-state index in [0.29, 0.717) is 12.1 Å². The lowest BCUT2D eigenvalue weighted by Crippen LogP contribution is -2.42. The van der Waals surface area contributed by atoms with Gasteiger partial charge in [-0.05, 0) is 38.8 Å². The van der Waals surface area contributed by atoms with E-state index in [1.807, 2.05) is 4.90 Å². The number of carbonyl (C=O) groups is 1. The quantitative estimate of drug-likeness (QED) is 0.893. The molecule has 100 valence electrons. The number of aromatic nitrogens is 1. The van der Waals surface area contributed by atoms with Crippen LogP contribution in [-0.4, -0.2) is 27.9 Å². The van der Waals surface area contributed by atoms with Crippen molar-refractivity contribution >= 4 is 18.3 Å². The molecule has 0 unspecified atom stereocenters. The second-order valence-corrected chi connectivity index (χ2v) is 5.11. The first-order valence-corrected chi connectivity index (χ1v) is 6.01. The number of pyridine rings is 1. The maximum absolute atomic E-state index is 12.4. The molecule has 1 fully saturated rings. The highest BCUT2D eigenvalue weighted by molar-refractivity contribution is 5.94. The Morgan fingerprint density at radius 2 is 2.28 bits per heavy atom. The molecule has 18 heavy (non-hydrogen) atoms. The minimum Gasteiger partial charge on any atom is -0.334 e. The van der Waals surface area contributed by atoms with Gasteiger partial charge in [0.15, 0.2) is 0 Å². The van der Waals surface area contributed by atoms with Gasteiger partial charge in [-0.15, -0.1) is 12.4 Å². The van der Waals surface area contributed by atoms with Gasteiger partial charge in [0.1, 0.15) is 0 Å². The Morgan fingerprint density at radius 1 is 1.56 bits per heavy atom. The Kier molecular flexibility index (Phi) is 4.71. The van der Waals surface area contributed by atoms with Gasteiger partial charge in [0.25, 0.3) is 5.91 Å². The topological polar surface area (TPSA) is 59.2 Å². The lowest BCUT2D eigenvalue weighted by molar-refractivity contribution is 0.0651. The van der Waals surface area contributed by atoms with Crippen LogP contribution in [0.15, 0.2) is 18.3 Å². The molecule has 1 aliphatic heterocycles. The molecule has 1 saturated heterocycles. The lowest BCUT2D eigenvalue weighted by Gasteiger charge is -2.31. The van der Waals surface area contributed by atoms with E-state index in [9.17, 15) is 4.79 Å². The lowest BCUT2D eigenvalue weighted by atomic mass is 10.0. The highest BCUT2D eigenvalue weighted by Crippen LogP contribution is 2.29. The minimum atomic E-state index is -0.0385. The molecule has 2 rings (SSSR count). The highest BCUT2D eigenvalue weighted by Gasteiger charge is 2.35. The summed E-state index contributed by atoms with van der Waals surface area (Å²) in [6.07, 6.45) is 3.79. The van der Waals surface area contributed by atoms with Crippen molar-refractivity contribution in [2.24, 2.45) is 5.73 Å². The van der Waals surface area contributed by atoms with Crippen LogP contribution in [0.5, 0.6) is 0 Å². The van der Waals surface area contributed by atoms with Crippen LogP contribution in [-0.2, 0) is 6.54 Å². The summed E-state index contributed by atoms with van der Waals surface area (Å²) in [5.41, 5.74) is 6.95. The third-order valence-electron chi connectivity index (χ3n) is 3.42. The van der Waals surface area contributed by atoms with Crippen molar-refractivity contribution in [3.63, 3.8) is 0 Å². The van der Waals surface area contributed by atoms with Crippen molar-refractivity contribution in [3.8, 4) is 0 Å². The van der Waals surface area contributed by atoms with Crippen LogP contribution in [0, 0.1) is 0 Å². The van der Waals surface area contributed by atoms with Crippen LogP contribution in [0.1, 0.15) is 42.7 Å². The average Bonchev–Trinajstić information content (AvgIpc) is 2.68. The summed E-state index contributed by atoms with van der Waals surface area (Å²) in [4.78, 5) is 18.4. The number of hydrogen-bond donors (Lipinski definition) is 1. The molecule has 1 amide bonds. The number of halogens is 1. The SMILES string of the molecule is CC1(C)CCCN1C(=O)c1ccnc(CN)c1.Cl. The summed E-state index contributed by atoms with van der Waals surface area (Å²) in [5.74, 6) is 0.0876. The summed E-state index contributed by atoms with van der Waals surface area (Å²) < 4.78 is 0. The number of carbonyl (C=O) groups excluding carboxylic acids is 1. The standard InChI is InChI=1S/C13H19N3O.ClH/c1-13(2)5-3-7-16(13)12(17)10-4-6-15-11(8-10)9-14;/h4,6,8H,3,5,7,9,14H2,1-2H3;1H. The van der Waals surface area contributed by atoms with Crippen molar-refractivity contribution in [2.75, 3.05) is 6.54 Å².